The molecule has 0 fully saturated rings. The molecule has 0 aliphatic rings. The number of H-pyrrole nitrogens is 2. The highest BCUT2D eigenvalue weighted by molar-refractivity contribution is 6.32. The summed E-state index contributed by atoms with van der Waals surface area (Å²) in [7, 11) is 1.41. The molecule has 0 radical (unpaired) electrons. The molecule has 100 heavy (non-hydrogen) atoms. The number of benzene rings is 6. The van der Waals surface area contributed by atoms with Crippen LogP contribution in [0.1, 0.15) is 20.8 Å². The van der Waals surface area contributed by atoms with E-state index in [4.69, 9.17) is 113 Å². The minimum Gasteiger partial charge on any atom is -0.481 e. The molecule has 7 aromatic heterocycles. The number of aromatic amines is 2. The number of aldehydes is 1. The van der Waals surface area contributed by atoms with Crippen LogP contribution in [-0.2, 0) is 0 Å². The van der Waals surface area contributed by atoms with E-state index in [-0.39, 0.29) is 50.7 Å². The molecule has 27 nitrogen and oxygen atoms in total. The fourth-order valence-electron chi connectivity index (χ4n) is 7.93. The molecular formula is C68H48Cl5N17O10. The molecule has 0 saturated heterocycles. The first kappa shape index (κ1) is 72.8. The van der Waals surface area contributed by atoms with Crippen LogP contribution >= 0.6 is 58.0 Å². The Kier molecular flexibility index (Phi) is 25.6. The number of amides is 1. The van der Waals surface area contributed by atoms with Crippen LogP contribution in [0.5, 0.6) is 40.4 Å². The number of carbonyl (C=O) groups is 2. The molecule has 32 heteroatoms. The van der Waals surface area contributed by atoms with E-state index < -0.39 is 15.8 Å². The zero-order chi connectivity index (χ0) is 71.8. The monoisotopic (exact) mass is 1440 g/mol. The Labute approximate surface area is 591 Å². The predicted molar refractivity (Wildman–Crippen MR) is 382 cm³/mol. The van der Waals surface area contributed by atoms with E-state index in [0.29, 0.717) is 78.1 Å². The number of nitro groups is 2. The highest BCUT2D eigenvalue weighted by Crippen LogP contribution is 2.31. The number of hydrogen-bond acceptors (Lipinski definition) is 20. The van der Waals surface area contributed by atoms with Crippen molar-refractivity contribution in [1.29, 1.82) is 0 Å². The lowest BCUT2D eigenvalue weighted by molar-refractivity contribution is -0.385. The minimum absolute atomic E-state index is 0.146. The maximum absolute atomic E-state index is 11.2. The normalized spacial score (nSPS) is 10.1. The average Bonchev–Trinajstić information content (AvgIpc) is 1.67. The smallest absolute Gasteiger partial charge is 0.311 e. The van der Waals surface area contributed by atoms with Crippen molar-refractivity contribution in [2.24, 2.45) is 5.73 Å². The van der Waals surface area contributed by atoms with Gasteiger partial charge in [0.1, 0.15) is 68.8 Å². The summed E-state index contributed by atoms with van der Waals surface area (Å²) in [6.07, 6.45) is 0.798. The van der Waals surface area contributed by atoms with E-state index in [9.17, 15) is 29.8 Å². The summed E-state index contributed by atoms with van der Waals surface area (Å²) in [5.41, 5.74) is 26.1. The third kappa shape index (κ3) is 21.2. The first-order chi connectivity index (χ1) is 48.1. The van der Waals surface area contributed by atoms with Gasteiger partial charge in [-0.2, -0.15) is 9.97 Å². The fourth-order valence-corrected chi connectivity index (χ4v) is 8.68. The van der Waals surface area contributed by atoms with Crippen molar-refractivity contribution in [1.82, 2.24) is 44.9 Å². The topological polar surface area (TPSA) is 392 Å². The second-order valence-corrected chi connectivity index (χ2v) is 21.7. The Balaban J connectivity index is 0.000000159. The number of hydrogen-bond donors (Lipinski definition) is 6. The van der Waals surface area contributed by atoms with Gasteiger partial charge < -0.3 is 61.5 Å². The molecule has 6 aromatic carbocycles. The van der Waals surface area contributed by atoms with Gasteiger partial charge in [-0.25, -0.2) is 15.0 Å². The lowest BCUT2D eigenvalue weighted by Gasteiger charge is -2.06. The molecule has 0 bridgehead atoms. The van der Waals surface area contributed by atoms with Gasteiger partial charge in [0.25, 0.3) is 23.2 Å². The molecule has 10 N–H and O–H groups in total. The maximum atomic E-state index is 11.2. The van der Waals surface area contributed by atoms with E-state index in [1.54, 1.807) is 109 Å². The number of anilines is 3. The van der Waals surface area contributed by atoms with Gasteiger partial charge in [-0.05, 0) is 188 Å². The van der Waals surface area contributed by atoms with Crippen molar-refractivity contribution in [2.75, 3.05) is 24.3 Å². The number of rotatable bonds is 13. The molecule has 500 valence electrons. The largest absolute Gasteiger partial charge is 0.481 e. The van der Waals surface area contributed by atoms with Crippen molar-refractivity contribution in [3.63, 3.8) is 0 Å². The first-order valence-electron chi connectivity index (χ1n) is 28.3. The standard InChI is InChI=1S/C19H13ClN4O2.C19H11ClN4O.C13H9ClO2.C6H5ClN2O3.C6H6N4.C5H4ClN3O2/c20-12-3-7-14(8-4-12)26-13-5-1-11(2-6-13)18-23-16-10-9-15(17(21)25)22-19(16)24-18;1-21-17-11-10-16-19(23-17)24-18(22-16)12-2-6-14(7-3-12)25-15-8-4-13(20)5-9-15;14-11-3-7-13(8-4-11)16-12-5-1-10(9-15)2-6-12;1-12-5-3-2-4(9(10)11)6(7)8-5;1-9-5-3-2-4(7)6(8)10-5;6-4-2-1-3(9(10)11)5(7)8-4/h1-10H,(H2,21,25)(H,22,23,24);2-11H,(H,22,23,24);1-9H;2-3H,1H3;2-3H,7H2,(H2,8,10);1-2H,(H2,7,8). The molecule has 0 aliphatic heterocycles. The van der Waals surface area contributed by atoms with Crippen molar-refractivity contribution in [2.45, 2.75) is 0 Å². The van der Waals surface area contributed by atoms with Crippen LogP contribution in [0.3, 0.4) is 0 Å². The third-order valence-corrected chi connectivity index (χ3v) is 14.0. The third-order valence-electron chi connectivity index (χ3n) is 12.8. The van der Waals surface area contributed by atoms with Crippen molar-refractivity contribution >= 4 is 133 Å². The van der Waals surface area contributed by atoms with Gasteiger partial charge in [-0.3, -0.25) is 29.8 Å². The number of halogens is 5. The fraction of sp³-hybridized carbons (Fsp3) is 0.0147. The number of carbonyl (C=O) groups excluding carboxylic acids is 2. The second-order valence-electron chi connectivity index (χ2n) is 19.6. The zero-order valence-corrected chi connectivity index (χ0v) is 55.2. The first-order valence-corrected chi connectivity index (χ1v) is 30.2. The van der Waals surface area contributed by atoms with Crippen LogP contribution in [0, 0.1) is 33.4 Å². The van der Waals surface area contributed by atoms with Crippen molar-refractivity contribution < 1.29 is 38.4 Å². The Hall–Kier alpha value is -13.0. The van der Waals surface area contributed by atoms with Gasteiger partial charge >= 0.3 is 11.4 Å². The Morgan fingerprint density at radius 2 is 0.890 bits per heavy atom. The Bertz CT molecular complexity index is 5110. The van der Waals surface area contributed by atoms with Crippen LogP contribution in [0.4, 0.5) is 40.3 Å². The summed E-state index contributed by atoms with van der Waals surface area (Å²) in [6, 6.07) is 58.4. The van der Waals surface area contributed by atoms with E-state index in [0.717, 1.165) is 39.9 Å². The summed E-state index contributed by atoms with van der Waals surface area (Å²) in [5, 5.41) is 22.4. The second kappa shape index (κ2) is 35.1. The number of nitrogens with one attached hydrogen (secondary N) is 2. The number of pyridine rings is 5. The average molecular weight is 1440 g/mol. The summed E-state index contributed by atoms with van der Waals surface area (Å²) in [6.45, 7) is 13.6. The summed E-state index contributed by atoms with van der Waals surface area (Å²) < 4.78 is 21.8. The molecule has 7 heterocycles. The molecular weight excluding hydrogens is 1390 g/mol. The van der Waals surface area contributed by atoms with Crippen LogP contribution in [0.15, 0.2) is 206 Å². The quantitative estimate of drug-likeness (QED) is 0.0205. The summed E-state index contributed by atoms with van der Waals surface area (Å²) in [5.74, 6) is 5.90. The van der Waals surface area contributed by atoms with Crippen LogP contribution in [-0.4, -0.2) is 74.0 Å². The number of methoxy groups -OCH3 is 1. The molecule has 0 saturated carbocycles. The van der Waals surface area contributed by atoms with Gasteiger partial charge in [0, 0.05) is 50.0 Å². The number of aromatic nitrogens is 9. The van der Waals surface area contributed by atoms with Crippen LogP contribution in [0.2, 0.25) is 25.4 Å². The van der Waals surface area contributed by atoms with Gasteiger partial charge in [-0.15, -0.1) is 4.98 Å². The minimum atomic E-state index is -0.612. The highest BCUT2D eigenvalue weighted by Gasteiger charge is 2.16. The molecule has 0 unspecified atom stereocenters. The number of imidazole rings is 2. The predicted octanol–water partition coefficient (Wildman–Crippen LogP) is 17.4. The van der Waals surface area contributed by atoms with E-state index in [2.05, 4.69) is 54.5 Å². The van der Waals surface area contributed by atoms with E-state index in [1.807, 2.05) is 66.7 Å². The number of primary amides is 1. The maximum Gasteiger partial charge on any atom is 0.311 e. The molecule has 1 amide bonds. The molecule has 0 atom stereocenters. The SMILES string of the molecule is COc1ccc([N+](=O)[O-])c(Cl)n1.NC(=O)c1ccc2[nH]c(-c3ccc(Oc4ccc(Cl)cc4)cc3)nc2n1.Nc1nc(Cl)ccc1[N+](=O)[O-].O=Cc1ccc(Oc2ccc(Cl)cc2)cc1.[C-]#[N+]c1ccc(N)c(N)n1.[C-]#[N+]c1ccc2[nH]c(-c3ccc(Oc4ccc(Cl)cc4)cc3)nc2n1. The van der Waals surface area contributed by atoms with E-state index in [1.165, 1.54) is 37.4 Å². The number of nitrogens with two attached hydrogens (primary N) is 4. The lowest BCUT2D eigenvalue weighted by atomic mass is 10.2. The van der Waals surface area contributed by atoms with Crippen molar-refractivity contribution in [3.8, 4) is 63.2 Å². The number of fused-ring (bicyclic) bond motifs is 2. The molecule has 13 rings (SSSR count). The lowest BCUT2D eigenvalue weighted by Crippen LogP contribution is -2.12. The van der Waals surface area contributed by atoms with Gasteiger partial charge in [0.05, 0.1) is 28.2 Å². The Morgan fingerprint density at radius 1 is 0.480 bits per heavy atom. The molecule has 0 aliphatic carbocycles. The zero-order valence-electron chi connectivity index (χ0n) is 51.4. The van der Waals surface area contributed by atoms with Crippen molar-refractivity contribution in [3.05, 3.63) is 286 Å². The Morgan fingerprint density at radius 3 is 1.29 bits per heavy atom. The molecule has 13 aromatic rings. The van der Waals surface area contributed by atoms with Gasteiger partial charge in [0.15, 0.2) is 5.65 Å². The van der Waals surface area contributed by atoms with Crippen LogP contribution < -0.4 is 41.9 Å². The number of ether oxygens (including phenoxy) is 4. The molecule has 0 spiro atoms. The highest BCUT2D eigenvalue weighted by atomic mass is 35.5. The number of nitrogen functional groups attached to an aromatic ring is 3. The van der Waals surface area contributed by atoms with Crippen LogP contribution in [0.25, 0.3) is 54.8 Å². The summed E-state index contributed by atoms with van der Waals surface area (Å²) >= 11 is 28.4. The van der Waals surface area contributed by atoms with Gasteiger partial charge in [0.2, 0.25) is 22.7 Å². The number of nitrogens with zero attached hydrogens (tertiary/aromatic N) is 11. The van der Waals surface area contributed by atoms with E-state index >= 15 is 0 Å². The van der Waals surface area contributed by atoms with Gasteiger partial charge in [-0.1, -0.05) is 76.1 Å². The summed E-state index contributed by atoms with van der Waals surface area (Å²) in [4.78, 5) is 81.7.